The van der Waals surface area contributed by atoms with E-state index >= 15 is 0 Å². The van der Waals surface area contributed by atoms with Gasteiger partial charge in [0.25, 0.3) is 0 Å². The fourth-order valence-corrected chi connectivity index (χ4v) is 16.8. The van der Waals surface area contributed by atoms with Crippen LogP contribution in [0, 0.1) is 61.3 Å². The fraction of sp³-hybridized carbons (Fsp3) is 0.333. The molecule has 4 nitrogen and oxygen atoms in total. The van der Waals surface area contributed by atoms with Gasteiger partial charge in [-0.15, -0.1) is 0 Å². The van der Waals surface area contributed by atoms with Gasteiger partial charge in [-0.3, -0.25) is 0 Å². The normalized spacial score (nSPS) is 13.0. The highest BCUT2D eigenvalue weighted by Gasteiger charge is 2.42. The number of aryl methyl sites for hydroxylation is 8. The van der Waals surface area contributed by atoms with E-state index in [4.69, 9.17) is 18.9 Å². The Bertz CT molecular complexity index is 2030. The largest absolute Gasteiger partial charge is 0.496 e. The third-order valence-corrected chi connectivity index (χ3v) is 17.7. The molecular formula is C54H64O4P2. The third-order valence-electron chi connectivity index (χ3n) is 12.0. The molecule has 2 unspecified atom stereocenters. The van der Waals surface area contributed by atoms with Crippen LogP contribution < -0.4 is 40.2 Å². The van der Waals surface area contributed by atoms with Crippen molar-refractivity contribution in [3.05, 3.63) is 165 Å². The molecule has 0 bridgehead atoms. The summed E-state index contributed by atoms with van der Waals surface area (Å²) in [6.07, 6.45) is 2.09. The number of ether oxygens (including phenoxy) is 4. The molecule has 6 aromatic carbocycles. The van der Waals surface area contributed by atoms with E-state index in [0.717, 1.165) is 80.3 Å². The number of rotatable bonds is 16. The first-order chi connectivity index (χ1) is 28.9. The molecule has 0 aliphatic rings. The lowest BCUT2D eigenvalue weighted by molar-refractivity contribution is 0.408. The number of methoxy groups -OCH3 is 4. The van der Waals surface area contributed by atoms with Crippen molar-refractivity contribution in [3.8, 4) is 23.0 Å². The molecule has 314 valence electrons. The molecule has 0 amide bonds. The quantitative estimate of drug-likeness (QED) is 0.0910. The van der Waals surface area contributed by atoms with Crippen molar-refractivity contribution in [1.82, 2.24) is 0 Å². The second-order valence-corrected chi connectivity index (χ2v) is 21.0. The summed E-state index contributed by atoms with van der Waals surface area (Å²) >= 11 is 0. The first-order valence-corrected chi connectivity index (χ1v) is 24.0. The monoisotopic (exact) mass is 838 g/mol. The lowest BCUT2D eigenvalue weighted by atomic mass is 9.88. The van der Waals surface area contributed by atoms with Crippen LogP contribution in [0.2, 0.25) is 0 Å². The predicted molar refractivity (Wildman–Crippen MR) is 259 cm³/mol. The minimum Gasteiger partial charge on any atom is -0.496 e. The molecule has 0 radical (unpaired) electrons. The molecule has 6 aromatic rings. The van der Waals surface area contributed by atoms with Gasteiger partial charge in [0, 0.05) is 11.3 Å². The first-order valence-electron chi connectivity index (χ1n) is 21.2. The number of hydrogen-bond donors (Lipinski definition) is 0. The topological polar surface area (TPSA) is 36.9 Å². The second kappa shape index (κ2) is 19.8. The Balaban J connectivity index is 1.77. The van der Waals surface area contributed by atoms with Gasteiger partial charge in [0.15, 0.2) is 0 Å². The van der Waals surface area contributed by atoms with Gasteiger partial charge in [-0.2, -0.15) is 0 Å². The van der Waals surface area contributed by atoms with Gasteiger partial charge in [0.05, 0.1) is 28.4 Å². The highest BCUT2D eigenvalue weighted by atomic mass is 31.1. The van der Waals surface area contributed by atoms with Gasteiger partial charge in [-0.25, -0.2) is 0 Å². The second-order valence-electron chi connectivity index (χ2n) is 16.4. The third kappa shape index (κ3) is 9.17. The number of benzene rings is 6. The summed E-state index contributed by atoms with van der Waals surface area (Å²) in [4.78, 5) is 0. The maximum atomic E-state index is 5.99. The van der Waals surface area contributed by atoms with E-state index in [1.54, 1.807) is 28.4 Å². The Labute approximate surface area is 363 Å². The van der Waals surface area contributed by atoms with Crippen LogP contribution in [-0.4, -0.2) is 28.4 Å². The Morgan fingerprint density at radius 3 is 0.817 bits per heavy atom. The average molecular weight is 839 g/mol. The maximum Gasteiger partial charge on any atom is 0.124 e. The predicted octanol–water partition coefficient (Wildman–Crippen LogP) is 12.7. The fourth-order valence-electron chi connectivity index (χ4n) is 9.79. The smallest absolute Gasteiger partial charge is 0.124 e. The Kier molecular flexibility index (Phi) is 14.9. The standard InChI is InChI=1S/C54H64O4P2/c1-14-21-48(53(42-22-17-15-18-23-42)59(44-26-34(2)49(55-10)35(3)27-44)45-28-36(4)50(56-11)37(5)29-45)54(43-24-19-16-20-25-43)60(46-30-38(6)51(57-12)39(7)31-46)47-32-40(8)52(58-13)41(9)33-47/h15-20,22-33,48,53-54H,14,21H2,1-13H3. The summed E-state index contributed by atoms with van der Waals surface area (Å²) in [5, 5.41) is 5.46. The van der Waals surface area contributed by atoms with Crippen molar-refractivity contribution >= 4 is 37.1 Å². The van der Waals surface area contributed by atoms with Gasteiger partial charge >= 0.3 is 0 Å². The molecule has 6 heteroatoms. The zero-order valence-electron chi connectivity index (χ0n) is 38.1. The summed E-state index contributed by atoms with van der Waals surface area (Å²) in [5.74, 6) is 4.06. The molecule has 0 aliphatic heterocycles. The summed E-state index contributed by atoms with van der Waals surface area (Å²) in [7, 11) is 5.14. The molecule has 0 N–H and O–H groups in total. The van der Waals surface area contributed by atoms with E-state index in [2.05, 4.69) is 172 Å². The van der Waals surface area contributed by atoms with Crippen molar-refractivity contribution in [2.75, 3.05) is 28.4 Å². The molecule has 0 aromatic heterocycles. The Hall–Kier alpha value is -4.62. The highest BCUT2D eigenvalue weighted by molar-refractivity contribution is 7.74. The van der Waals surface area contributed by atoms with Crippen LogP contribution in [0.5, 0.6) is 23.0 Å². The Morgan fingerprint density at radius 2 is 0.617 bits per heavy atom. The average Bonchev–Trinajstić information content (AvgIpc) is 3.21. The van der Waals surface area contributed by atoms with E-state index in [1.807, 2.05) is 0 Å². The SMILES string of the molecule is CCCC(C(c1ccccc1)P(c1cc(C)c(OC)c(C)c1)c1cc(C)c(OC)c(C)c1)C(c1ccccc1)P(c1cc(C)c(OC)c(C)c1)c1cc(C)c(OC)c(C)c1. The molecule has 0 saturated heterocycles. The van der Waals surface area contributed by atoms with E-state index < -0.39 is 15.8 Å². The lowest BCUT2D eigenvalue weighted by Crippen LogP contribution is -2.30. The van der Waals surface area contributed by atoms with Crippen LogP contribution in [0.3, 0.4) is 0 Å². The summed E-state index contributed by atoms with van der Waals surface area (Å²) in [5.41, 5.74) is 12.4. The molecular weight excluding hydrogens is 775 g/mol. The van der Waals surface area contributed by atoms with Gasteiger partial charge in [0.2, 0.25) is 0 Å². The van der Waals surface area contributed by atoms with Crippen LogP contribution in [0.4, 0.5) is 0 Å². The van der Waals surface area contributed by atoms with Crippen LogP contribution >= 0.6 is 15.8 Å². The van der Waals surface area contributed by atoms with E-state index in [9.17, 15) is 0 Å². The van der Waals surface area contributed by atoms with Crippen molar-refractivity contribution in [3.63, 3.8) is 0 Å². The van der Waals surface area contributed by atoms with Gasteiger partial charge < -0.3 is 18.9 Å². The van der Waals surface area contributed by atoms with Crippen LogP contribution in [0.1, 0.15) is 86.7 Å². The minimum atomic E-state index is -1.01. The van der Waals surface area contributed by atoms with Crippen molar-refractivity contribution < 1.29 is 18.9 Å². The van der Waals surface area contributed by atoms with Crippen molar-refractivity contribution in [2.45, 2.75) is 86.5 Å². The van der Waals surface area contributed by atoms with Gasteiger partial charge in [-0.1, -0.05) is 74.0 Å². The lowest BCUT2D eigenvalue weighted by Gasteiger charge is -2.43. The molecule has 0 saturated carbocycles. The maximum absolute atomic E-state index is 5.99. The zero-order valence-corrected chi connectivity index (χ0v) is 39.9. The summed E-state index contributed by atoms with van der Waals surface area (Å²) < 4.78 is 24.0. The summed E-state index contributed by atoms with van der Waals surface area (Å²) in [6.45, 7) is 19.9. The molecule has 60 heavy (non-hydrogen) atoms. The minimum absolute atomic E-state index is 0.150. The van der Waals surface area contributed by atoms with Crippen LogP contribution in [-0.2, 0) is 0 Å². The first kappa shape index (κ1) is 44.9. The van der Waals surface area contributed by atoms with E-state index in [1.165, 1.54) is 32.3 Å². The molecule has 0 fully saturated rings. The van der Waals surface area contributed by atoms with Crippen LogP contribution in [0.25, 0.3) is 0 Å². The molecule has 6 rings (SSSR count). The highest BCUT2D eigenvalue weighted by Crippen LogP contribution is 2.65. The molecule has 0 spiro atoms. The molecule has 0 heterocycles. The Morgan fingerprint density at radius 1 is 0.383 bits per heavy atom. The van der Waals surface area contributed by atoms with Crippen molar-refractivity contribution in [2.24, 2.45) is 5.92 Å². The number of hydrogen-bond acceptors (Lipinski definition) is 4. The summed E-state index contributed by atoms with van der Waals surface area (Å²) in [6, 6.07) is 42.2. The van der Waals surface area contributed by atoms with Gasteiger partial charge in [-0.05, 0) is 209 Å². The molecule has 0 aliphatic carbocycles. The zero-order chi connectivity index (χ0) is 43.2. The van der Waals surface area contributed by atoms with Gasteiger partial charge in [0.1, 0.15) is 23.0 Å². The van der Waals surface area contributed by atoms with Crippen LogP contribution in [0.15, 0.2) is 109 Å². The van der Waals surface area contributed by atoms with E-state index in [0.29, 0.717) is 0 Å². The van der Waals surface area contributed by atoms with Crippen molar-refractivity contribution in [1.29, 1.82) is 0 Å². The molecule has 2 atom stereocenters. The van der Waals surface area contributed by atoms with E-state index in [-0.39, 0.29) is 17.2 Å².